The highest BCUT2D eigenvalue weighted by Crippen LogP contribution is 2.16. The summed E-state index contributed by atoms with van der Waals surface area (Å²) in [7, 11) is 1.66. The summed E-state index contributed by atoms with van der Waals surface area (Å²) in [6.07, 6.45) is 2.47. The number of carbonyl (C=O) groups is 1. The summed E-state index contributed by atoms with van der Waals surface area (Å²) in [5.41, 5.74) is 3.58. The molecule has 2 N–H and O–H groups in total. The zero-order valence-corrected chi connectivity index (χ0v) is 15.5. The summed E-state index contributed by atoms with van der Waals surface area (Å²) in [5, 5.41) is 6.21. The topological polar surface area (TPSA) is 63.2 Å². The van der Waals surface area contributed by atoms with Crippen molar-refractivity contribution < 1.29 is 9.53 Å². The Morgan fingerprint density at radius 1 is 1.07 bits per heavy atom. The van der Waals surface area contributed by atoms with Gasteiger partial charge in [0.1, 0.15) is 11.6 Å². The first-order valence-electron chi connectivity index (χ1n) is 8.85. The second kappa shape index (κ2) is 8.85. The zero-order chi connectivity index (χ0) is 19.1. The summed E-state index contributed by atoms with van der Waals surface area (Å²) in [6.45, 7) is 2.68. The number of ether oxygens (including phenoxy) is 1. The first kappa shape index (κ1) is 18.5. The highest BCUT2D eigenvalue weighted by Gasteiger charge is 2.08. The Balaban J connectivity index is 1.59. The quantitative estimate of drug-likeness (QED) is 0.658. The van der Waals surface area contributed by atoms with E-state index in [0.717, 1.165) is 23.4 Å². The van der Waals surface area contributed by atoms with Gasteiger partial charge in [0.05, 0.1) is 7.11 Å². The van der Waals surface area contributed by atoms with E-state index in [0.29, 0.717) is 17.9 Å². The third kappa shape index (κ3) is 5.07. The van der Waals surface area contributed by atoms with Gasteiger partial charge >= 0.3 is 0 Å². The summed E-state index contributed by atoms with van der Waals surface area (Å²) in [4.78, 5) is 16.8. The molecule has 1 heterocycles. The molecule has 3 rings (SSSR count). The van der Waals surface area contributed by atoms with E-state index in [4.69, 9.17) is 4.74 Å². The Bertz CT molecular complexity index is 925. The largest absolute Gasteiger partial charge is 0.497 e. The van der Waals surface area contributed by atoms with Gasteiger partial charge in [0, 0.05) is 24.0 Å². The molecule has 1 amide bonds. The van der Waals surface area contributed by atoms with Gasteiger partial charge in [0.25, 0.3) is 5.91 Å². The fourth-order valence-corrected chi connectivity index (χ4v) is 2.74. The molecule has 0 atom stereocenters. The number of aromatic nitrogens is 1. The molecule has 0 saturated carbocycles. The predicted octanol–water partition coefficient (Wildman–Crippen LogP) is 4.31. The lowest BCUT2D eigenvalue weighted by molar-refractivity contribution is 0.102. The molecule has 5 nitrogen and oxygen atoms in total. The number of amides is 1. The van der Waals surface area contributed by atoms with Crippen molar-refractivity contribution >= 4 is 17.4 Å². The molecule has 5 heteroatoms. The van der Waals surface area contributed by atoms with Crippen LogP contribution in [0.5, 0.6) is 5.75 Å². The fourth-order valence-electron chi connectivity index (χ4n) is 2.74. The highest BCUT2D eigenvalue weighted by molar-refractivity contribution is 6.05. The van der Waals surface area contributed by atoms with Crippen molar-refractivity contribution in [1.29, 1.82) is 0 Å². The van der Waals surface area contributed by atoms with Crippen LogP contribution < -0.4 is 15.4 Å². The summed E-state index contributed by atoms with van der Waals surface area (Å²) >= 11 is 0. The van der Waals surface area contributed by atoms with Gasteiger partial charge in [-0.1, -0.05) is 30.3 Å². The molecule has 0 unspecified atom stereocenters. The lowest BCUT2D eigenvalue weighted by Crippen LogP contribution is -2.14. The zero-order valence-electron chi connectivity index (χ0n) is 15.5. The van der Waals surface area contributed by atoms with Crippen LogP contribution in [-0.4, -0.2) is 24.5 Å². The van der Waals surface area contributed by atoms with Gasteiger partial charge in [-0.05, 0) is 54.8 Å². The highest BCUT2D eigenvalue weighted by atomic mass is 16.5. The number of rotatable bonds is 7. The summed E-state index contributed by atoms with van der Waals surface area (Å²) in [6, 6.07) is 19.2. The molecular formula is C22H23N3O2. The molecule has 0 fully saturated rings. The van der Waals surface area contributed by atoms with Crippen molar-refractivity contribution in [1.82, 2.24) is 4.98 Å². The molecule has 2 aromatic carbocycles. The maximum absolute atomic E-state index is 12.5. The minimum absolute atomic E-state index is 0.150. The number of carbonyl (C=O) groups excluding carboxylic acids is 1. The molecule has 0 aliphatic carbocycles. The Kier molecular flexibility index (Phi) is 6.05. The van der Waals surface area contributed by atoms with Crippen LogP contribution in [-0.2, 0) is 6.42 Å². The standard InChI is InChI=1S/C22H23N3O2/c1-16-6-3-4-9-20(16)25-22(26)18-11-13-24-21(15-18)23-12-10-17-7-5-8-19(14-17)27-2/h3-9,11,13-15H,10,12H2,1-2H3,(H,23,24)(H,25,26). The molecule has 0 bridgehead atoms. The molecule has 0 aliphatic rings. The number of nitrogens with zero attached hydrogens (tertiary/aromatic N) is 1. The van der Waals surface area contributed by atoms with Gasteiger partial charge in [-0.2, -0.15) is 0 Å². The molecule has 3 aromatic rings. The summed E-state index contributed by atoms with van der Waals surface area (Å²) in [5.74, 6) is 1.37. The minimum Gasteiger partial charge on any atom is -0.497 e. The average molecular weight is 361 g/mol. The number of hydrogen-bond donors (Lipinski definition) is 2. The smallest absolute Gasteiger partial charge is 0.255 e. The molecule has 138 valence electrons. The van der Waals surface area contributed by atoms with E-state index >= 15 is 0 Å². The number of para-hydroxylation sites is 1. The van der Waals surface area contributed by atoms with Crippen molar-refractivity contribution in [3.63, 3.8) is 0 Å². The van der Waals surface area contributed by atoms with E-state index in [1.165, 1.54) is 5.56 Å². The molecule has 27 heavy (non-hydrogen) atoms. The SMILES string of the molecule is COc1cccc(CCNc2cc(C(=O)Nc3ccccc3C)ccn2)c1. The number of pyridine rings is 1. The first-order valence-corrected chi connectivity index (χ1v) is 8.85. The van der Waals surface area contributed by atoms with Gasteiger partial charge in [-0.3, -0.25) is 4.79 Å². The van der Waals surface area contributed by atoms with Crippen LogP contribution in [0.3, 0.4) is 0 Å². The van der Waals surface area contributed by atoms with Gasteiger partial charge in [-0.25, -0.2) is 4.98 Å². The monoisotopic (exact) mass is 361 g/mol. The first-order chi connectivity index (χ1) is 13.2. The number of nitrogens with one attached hydrogen (secondary N) is 2. The maximum atomic E-state index is 12.5. The molecule has 0 spiro atoms. The van der Waals surface area contributed by atoms with E-state index in [1.54, 1.807) is 25.4 Å². The van der Waals surface area contributed by atoms with E-state index in [-0.39, 0.29) is 5.91 Å². The van der Waals surface area contributed by atoms with Crippen LogP contribution in [0.15, 0.2) is 66.9 Å². The Hall–Kier alpha value is -3.34. The van der Waals surface area contributed by atoms with Crippen LogP contribution in [0, 0.1) is 6.92 Å². The number of anilines is 2. The van der Waals surface area contributed by atoms with Crippen LogP contribution in [0.4, 0.5) is 11.5 Å². The number of hydrogen-bond acceptors (Lipinski definition) is 4. The molecule has 1 aromatic heterocycles. The maximum Gasteiger partial charge on any atom is 0.255 e. The van der Waals surface area contributed by atoms with Crippen molar-refractivity contribution in [3.8, 4) is 5.75 Å². The Labute approximate surface area is 159 Å². The van der Waals surface area contributed by atoms with Gasteiger partial charge in [0.2, 0.25) is 0 Å². The van der Waals surface area contributed by atoms with Crippen molar-refractivity contribution in [2.45, 2.75) is 13.3 Å². The lowest BCUT2D eigenvalue weighted by atomic mass is 10.1. The van der Waals surface area contributed by atoms with Gasteiger partial charge in [0.15, 0.2) is 0 Å². The normalized spacial score (nSPS) is 10.3. The number of methoxy groups -OCH3 is 1. The number of aryl methyl sites for hydroxylation is 1. The molecular weight excluding hydrogens is 338 g/mol. The Morgan fingerprint density at radius 3 is 2.74 bits per heavy atom. The van der Waals surface area contributed by atoms with Gasteiger partial charge < -0.3 is 15.4 Å². The molecule has 0 radical (unpaired) electrons. The lowest BCUT2D eigenvalue weighted by Gasteiger charge is -2.10. The Morgan fingerprint density at radius 2 is 1.93 bits per heavy atom. The molecule has 0 aliphatic heterocycles. The van der Waals surface area contributed by atoms with E-state index in [1.807, 2.05) is 49.4 Å². The van der Waals surface area contributed by atoms with Crippen LogP contribution in [0.2, 0.25) is 0 Å². The van der Waals surface area contributed by atoms with Crippen LogP contribution in [0.1, 0.15) is 21.5 Å². The average Bonchev–Trinajstić information content (AvgIpc) is 2.70. The minimum atomic E-state index is -0.150. The van der Waals surface area contributed by atoms with Crippen LogP contribution >= 0.6 is 0 Å². The summed E-state index contributed by atoms with van der Waals surface area (Å²) < 4.78 is 5.24. The van der Waals surface area contributed by atoms with E-state index in [2.05, 4.69) is 21.7 Å². The van der Waals surface area contributed by atoms with Crippen molar-refractivity contribution in [3.05, 3.63) is 83.6 Å². The number of benzene rings is 2. The van der Waals surface area contributed by atoms with Crippen molar-refractivity contribution in [2.75, 3.05) is 24.3 Å². The van der Waals surface area contributed by atoms with E-state index in [9.17, 15) is 4.79 Å². The van der Waals surface area contributed by atoms with Crippen LogP contribution in [0.25, 0.3) is 0 Å². The predicted molar refractivity (Wildman–Crippen MR) is 109 cm³/mol. The third-order valence-corrected chi connectivity index (χ3v) is 4.27. The second-order valence-corrected chi connectivity index (χ2v) is 6.23. The van der Waals surface area contributed by atoms with E-state index < -0.39 is 0 Å². The third-order valence-electron chi connectivity index (χ3n) is 4.27. The second-order valence-electron chi connectivity index (χ2n) is 6.23. The van der Waals surface area contributed by atoms with Crippen molar-refractivity contribution in [2.24, 2.45) is 0 Å². The fraction of sp³-hybridized carbons (Fsp3) is 0.182. The molecule has 0 saturated heterocycles. The van der Waals surface area contributed by atoms with Gasteiger partial charge in [-0.15, -0.1) is 0 Å².